The molecule has 0 aromatic rings. The Morgan fingerprint density at radius 1 is 0.278 bits per heavy atom. The molecule has 0 unspecified atom stereocenters. The molecule has 0 saturated carbocycles. The minimum Gasteiger partial charge on any atom is -1.00 e. The minimum atomic E-state index is 0. The van der Waals surface area contributed by atoms with Crippen molar-refractivity contribution < 1.29 is 21.5 Å². The molecule has 0 fully saturated rings. The normalized spacial score (nSPS) is 11.7. The van der Waals surface area contributed by atoms with Crippen molar-refractivity contribution in [3.8, 4) is 0 Å². The Labute approximate surface area is 241 Å². The topological polar surface area (TPSA) is 0 Å². The molecule has 0 saturated heterocycles. The Hall–Kier alpha value is 0.440. The fraction of sp³-hybridized carbons (Fsp3) is 1.00. The number of hydrogen-bond acceptors (Lipinski definition) is 0. The van der Waals surface area contributed by atoms with E-state index in [9.17, 15) is 0 Å². The van der Waals surface area contributed by atoms with Gasteiger partial charge < -0.3 is 21.5 Å². The lowest BCUT2D eigenvalue weighted by Crippen LogP contribution is -3.00. The van der Waals surface area contributed by atoms with Crippen molar-refractivity contribution in [2.24, 2.45) is 0 Å². The van der Waals surface area contributed by atoms with Crippen LogP contribution in [0.25, 0.3) is 0 Å². The summed E-state index contributed by atoms with van der Waals surface area (Å²) < 4.78 is 1.25. The first-order valence-electron chi connectivity index (χ1n) is 16.9. The lowest BCUT2D eigenvalue weighted by atomic mass is 10.0. The van der Waals surface area contributed by atoms with Crippen molar-refractivity contribution in [2.75, 3.05) is 27.2 Å². The summed E-state index contributed by atoms with van der Waals surface area (Å²) in [5, 5.41) is 0. The highest BCUT2D eigenvalue weighted by atomic mass is 79.9. The highest BCUT2D eigenvalue weighted by Crippen LogP contribution is 2.15. The number of rotatable bonds is 30. The number of hydrogen-bond donors (Lipinski definition) is 0. The molecule has 220 valence electrons. The standard InChI is InChI=1S/C34H72N.BrH/c1-5-7-9-11-13-15-17-18-19-20-21-22-23-24-26-28-30-32-34-35(3,4)33-31-29-27-25-16-14-12-10-8-6-2;/h5-34H2,1-4H3;1H/q+1;/p-1. The Bertz CT molecular complexity index is 381. The monoisotopic (exact) mass is 573 g/mol. The van der Waals surface area contributed by atoms with Gasteiger partial charge in [-0.05, 0) is 25.7 Å². The first-order chi connectivity index (χ1) is 17.1. The molecule has 0 aliphatic rings. The second-order valence-electron chi connectivity index (χ2n) is 12.6. The summed E-state index contributed by atoms with van der Waals surface area (Å²) >= 11 is 0. The summed E-state index contributed by atoms with van der Waals surface area (Å²) in [7, 11) is 4.92. The number of nitrogens with zero attached hydrogens (tertiary/aromatic N) is 1. The van der Waals surface area contributed by atoms with Crippen molar-refractivity contribution >= 4 is 0 Å². The van der Waals surface area contributed by atoms with E-state index in [4.69, 9.17) is 0 Å². The first-order valence-corrected chi connectivity index (χ1v) is 16.9. The maximum absolute atomic E-state index is 2.46. The molecule has 0 heterocycles. The van der Waals surface area contributed by atoms with Crippen LogP contribution >= 0.6 is 0 Å². The molecule has 2 heteroatoms. The van der Waals surface area contributed by atoms with Crippen LogP contribution in [0.2, 0.25) is 0 Å². The van der Waals surface area contributed by atoms with Crippen LogP contribution in [0.4, 0.5) is 0 Å². The zero-order valence-corrected chi connectivity index (χ0v) is 27.6. The number of unbranched alkanes of at least 4 members (excludes halogenated alkanes) is 26. The second kappa shape index (κ2) is 31.7. The highest BCUT2D eigenvalue weighted by Gasteiger charge is 2.13. The maximum Gasteiger partial charge on any atom is 0.0782 e. The molecule has 0 N–H and O–H groups in total. The molecule has 0 aliphatic carbocycles. The van der Waals surface area contributed by atoms with Crippen molar-refractivity contribution in [1.29, 1.82) is 0 Å². The number of halogens is 1. The van der Waals surface area contributed by atoms with E-state index in [1.807, 2.05) is 0 Å². The zero-order valence-electron chi connectivity index (χ0n) is 26.0. The summed E-state index contributed by atoms with van der Waals surface area (Å²) in [4.78, 5) is 0. The molecule has 0 aromatic carbocycles. The molecular formula is C34H72BrN. The average molecular weight is 575 g/mol. The second-order valence-corrected chi connectivity index (χ2v) is 12.6. The van der Waals surface area contributed by atoms with E-state index >= 15 is 0 Å². The van der Waals surface area contributed by atoms with Crippen LogP contribution in [0, 0.1) is 0 Å². The summed E-state index contributed by atoms with van der Waals surface area (Å²) in [6.45, 7) is 7.38. The van der Waals surface area contributed by atoms with Gasteiger partial charge in [-0.2, -0.15) is 0 Å². The number of quaternary nitrogens is 1. The van der Waals surface area contributed by atoms with Crippen LogP contribution in [0.1, 0.15) is 194 Å². The largest absolute Gasteiger partial charge is 1.00 e. The van der Waals surface area contributed by atoms with E-state index in [1.54, 1.807) is 0 Å². The summed E-state index contributed by atoms with van der Waals surface area (Å²) in [5.41, 5.74) is 0. The van der Waals surface area contributed by atoms with Gasteiger partial charge in [-0.3, -0.25) is 0 Å². The quantitative estimate of drug-likeness (QED) is 0.0593. The van der Waals surface area contributed by atoms with Crippen molar-refractivity contribution in [3.05, 3.63) is 0 Å². The van der Waals surface area contributed by atoms with Crippen molar-refractivity contribution in [1.82, 2.24) is 0 Å². The Kier molecular flexibility index (Phi) is 33.9. The Balaban J connectivity index is 0. The van der Waals surface area contributed by atoms with Gasteiger partial charge in [0.25, 0.3) is 0 Å². The van der Waals surface area contributed by atoms with E-state index in [2.05, 4.69) is 27.9 Å². The maximum atomic E-state index is 2.46. The van der Waals surface area contributed by atoms with Gasteiger partial charge in [-0.15, -0.1) is 0 Å². The molecular weight excluding hydrogens is 502 g/mol. The summed E-state index contributed by atoms with van der Waals surface area (Å²) in [6, 6.07) is 0. The van der Waals surface area contributed by atoms with Gasteiger partial charge >= 0.3 is 0 Å². The van der Waals surface area contributed by atoms with Crippen LogP contribution < -0.4 is 17.0 Å². The third-order valence-electron chi connectivity index (χ3n) is 8.23. The summed E-state index contributed by atoms with van der Waals surface area (Å²) in [5.74, 6) is 0. The van der Waals surface area contributed by atoms with Gasteiger partial charge in [0.2, 0.25) is 0 Å². The van der Waals surface area contributed by atoms with Crippen LogP contribution in [-0.2, 0) is 0 Å². The predicted molar refractivity (Wildman–Crippen MR) is 162 cm³/mol. The van der Waals surface area contributed by atoms with Gasteiger partial charge in [-0.1, -0.05) is 168 Å². The van der Waals surface area contributed by atoms with Gasteiger partial charge in [0, 0.05) is 0 Å². The van der Waals surface area contributed by atoms with E-state index in [0.29, 0.717) is 0 Å². The Morgan fingerprint density at radius 3 is 0.639 bits per heavy atom. The molecule has 0 amide bonds. The molecule has 0 aliphatic heterocycles. The van der Waals surface area contributed by atoms with Crippen LogP contribution in [-0.4, -0.2) is 31.7 Å². The predicted octanol–water partition coefficient (Wildman–Crippen LogP) is 9.03. The molecule has 0 rings (SSSR count). The van der Waals surface area contributed by atoms with Gasteiger partial charge in [-0.25, -0.2) is 0 Å². The third kappa shape index (κ3) is 32.5. The molecule has 36 heavy (non-hydrogen) atoms. The molecule has 0 aromatic heterocycles. The Morgan fingerprint density at radius 2 is 0.444 bits per heavy atom. The molecule has 0 spiro atoms. The molecule has 0 atom stereocenters. The third-order valence-corrected chi connectivity index (χ3v) is 8.23. The highest BCUT2D eigenvalue weighted by molar-refractivity contribution is 4.51. The average Bonchev–Trinajstić information content (AvgIpc) is 2.84. The fourth-order valence-electron chi connectivity index (χ4n) is 5.58. The van der Waals surface area contributed by atoms with Crippen LogP contribution in [0.15, 0.2) is 0 Å². The van der Waals surface area contributed by atoms with Gasteiger partial charge in [0.15, 0.2) is 0 Å². The fourth-order valence-corrected chi connectivity index (χ4v) is 5.58. The van der Waals surface area contributed by atoms with Gasteiger partial charge in [0.05, 0.1) is 27.2 Å². The molecule has 0 bridgehead atoms. The van der Waals surface area contributed by atoms with E-state index in [-0.39, 0.29) is 17.0 Å². The summed E-state index contributed by atoms with van der Waals surface area (Å²) in [6.07, 6.45) is 41.0. The lowest BCUT2D eigenvalue weighted by molar-refractivity contribution is -0.890. The molecule has 1 nitrogen and oxygen atoms in total. The van der Waals surface area contributed by atoms with Crippen LogP contribution in [0.5, 0.6) is 0 Å². The smallest absolute Gasteiger partial charge is 0.0782 e. The lowest BCUT2D eigenvalue weighted by Gasteiger charge is -2.30. The molecule has 0 radical (unpaired) electrons. The van der Waals surface area contributed by atoms with Crippen LogP contribution in [0.3, 0.4) is 0 Å². The SMILES string of the molecule is CCCCCCCCCCCCCCCCCCCC[N+](C)(C)CCCCCCCCCCCC.[Br-]. The van der Waals surface area contributed by atoms with E-state index in [1.165, 1.54) is 197 Å². The minimum absolute atomic E-state index is 0. The van der Waals surface area contributed by atoms with E-state index < -0.39 is 0 Å². The van der Waals surface area contributed by atoms with Gasteiger partial charge in [0.1, 0.15) is 0 Å². The van der Waals surface area contributed by atoms with Crippen molar-refractivity contribution in [2.45, 2.75) is 194 Å². The zero-order chi connectivity index (χ0) is 25.7. The van der Waals surface area contributed by atoms with E-state index in [0.717, 1.165) is 0 Å². The van der Waals surface area contributed by atoms with Crippen molar-refractivity contribution in [3.63, 3.8) is 0 Å². The first kappa shape index (κ1) is 38.6.